The van der Waals surface area contributed by atoms with Gasteiger partial charge < -0.3 is 20.3 Å². The van der Waals surface area contributed by atoms with Crippen LogP contribution < -0.4 is 5.32 Å². The van der Waals surface area contributed by atoms with Crippen molar-refractivity contribution in [1.82, 2.24) is 5.32 Å². The van der Waals surface area contributed by atoms with E-state index in [0.29, 0.717) is 25.9 Å². The van der Waals surface area contributed by atoms with Crippen molar-refractivity contribution in [3.05, 3.63) is 24.3 Å². The number of amides is 1. The van der Waals surface area contributed by atoms with Crippen molar-refractivity contribution in [2.24, 2.45) is 0 Å². The molecule has 0 spiro atoms. The molecule has 0 fully saturated rings. The van der Waals surface area contributed by atoms with Crippen molar-refractivity contribution < 1.29 is 24.5 Å². The molecule has 1 amide bonds. The summed E-state index contributed by atoms with van der Waals surface area (Å²) in [5.41, 5.74) is 0. The van der Waals surface area contributed by atoms with Crippen LogP contribution in [-0.4, -0.2) is 47.4 Å². The molecule has 6 nitrogen and oxygen atoms in total. The molecule has 0 heterocycles. The standard InChI is InChI=1S/C83H161NO5/c1-3-5-7-9-11-13-15-17-19-21-41-45-49-53-57-61-65-69-73-77-83(88)89-78-74-70-66-62-58-54-50-46-43-40-38-36-34-32-30-28-26-24-22-23-25-27-29-31-33-35-37-39-42-44-48-52-56-60-64-68-72-76-82(87)84-80(79-85)81(86)75-71-67-63-59-55-51-47-20-18-16-14-12-10-8-6-4-2/h22,24,28,30,80-81,85-86H,3-21,23,25-27,29,31-79H2,1-2H3,(H,84,87)/b24-22-,30-28-. The SMILES string of the molecule is CCCCCCCCCCCCCCCCCCCCCC(=O)OCCCCCCCCCCCCCCC/C=C\C/C=C\CCCCCCCCCCCCCCCCCCCC(=O)NC(CO)C(O)CCCCCCCCCCCCCCCCCC. The van der Waals surface area contributed by atoms with Crippen LogP contribution in [0.15, 0.2) is 24.3 Å². The lowest BCUT2D eigenvalue weighted by Gasteiger charge is -2.22. The van der Waals surface area contributed by atoms with Crippen LogP contribution in [0.1, 0.15) is 470 Å². The molecule has 2 unspecified atom stereocenters. The number of hydrogen-bond donors (Lipinski definition) is 3. The van der Waals surface area contributed by atoms with Gasteiger partial charge in [-0.3, -0.25) is 9.59 Å². The molecule has 6 heteroatoms. The maximum Gasteiger partial charge on any atom is 0.305 e. The molecular weight excluding hydrogens is 1090 g/mol. The van der Waals surface area contributed by atoms with Gasteiger partial charge in [0.25, 0.3) is 0 Å². The normalized spacial score (nSPS) is 12.5. The molecule has 2 atom stereocenters. The Kier molecular flexibility index (Phi) is 77.3. The maximum atomic E-state index is 12.5. The molecule has 0 aliphatic heterocycles. The summed E-state index contributed by atoms with van der Waals surface area (Å²) in [4.78, 5) is 24.7. The predicted molar refractivity (Wildman–Crippen MR) is 393 cm³/mol. The number of aliphatic hydroxyl groups excluding tert-OH is 2. The van der Waals surface area contributed by atoms with Gasteiger partial charge in [0.05, 0.1) is 25.4 Å². The van der Waals surface area contributed by atoms with E-state index in [2.05, 4.69) is 43.5 Å². The van der Waals surface area contributed by atoms with E-state index in [0.717, 1.165) is 44.9 Å². The van der Waals surface area contributed by atoms with E-state index in [-0.39, 0.29) is 18.5 Å². The molecule has 0 aliphatic carbocycles. The average molecular weight is 1250 g/mol. The highest BCUT2D eigenvalue weighted by atomic mass is 16.5. The Balaban J connectivity index is 3.33. The summed E-state index contributed by atoms with van der Waals surface area (Å²) in [6, 6.07) is -0.539. The molecule has 0 bridgehead atoms. The van der Waals surface area contributed by atoms with E-state index in [1.165, 1.54) is 392 Å². The van der Waals surface area contributed by atoms with Gasteiger partial charge in [0.1, 0.15) is 0 Å². The lowest BCUT2D eigenvalue weighted by molar-refractivity contribution is -0.143. The fourth-order valence-electron chi connectivity index (χ4n) is 13.3. The van der Waals surface area contributed by atoms with Crippen LogP contribution in [0.4, 0.5) is 0 Å². The largest absolute Gasteiger partial charge is 0.466 e. The van der Waals surface area contributed by atoms with Gasteiger partial charge in [-0.2, -0.15) is 0 Å². The highest BCUT2D eigenvalue weighted by molar-refractivity contribution is 5.76. The minimum Gasteiger partial charge on any atom is -0.466 e. The van der Waals surface area contributed by atoms with Crippen molar-refractivity contribution in [2.45, 2.75) is 482 Å². The number of hydrogen-bond acceptors (Lipinski definition) is 5. The minimum absolute atomic E-state index is 0.0247. The van der Waals surface area contributed by atoms with Gasteiger partial charge >= 0.3 is 5.97 Å². The van der Waals surface area contributed by atoms with Gasteiger partial charge in [0, 0.05) is 12.8 Å². The Labute approximate surface area is 558 Å². The lowest BCUT2D eigenvalue weighted by Crippen LogP contribution is -2.45. The zero-order valence-electron chi connectivity index (χ0n) is 60.7. The third-order valence-electron chi connectivity index (χ3n) is 19.5. The molecule has 0 saturated carbocycles. The topological polar surface area (TPSA) is 95.9 Å². The average Bonchev–Trinajstić information content (AvgIpc) is 3.56. The van der Waals surface area contributed by atoms with Gasteiger partial charge in [-0.15, -0.1) is 0 Å². The first-order chi connectivity index (χ1) is 44.0. The van der Waals surface area contributed by atoms with Crippen LogP contribution in [-0.2, 0) is 14.3 Å². The van der Waals surface area contributed by atoms with Crippen LogP contribution in [0.3, 0.4) is 0 Å². The molecular formula is C83H161NO5. The number of carbonyl (C=O) groups is 2. The second kappa shape index (κ2) is 78.8. The van der Waals surface area contributed by atoms with Crippen LogP contribution in [0, 0.1) is 0 Å². The predicted octanol–water partition coefficient (Wildman–Crippen LogP) is 27.2. The molecule has 89 heavy (non-hydrogen) atoms. The van der Waals surface area contributed by atoms with E-state index in [1.807, 2.05) is 0 Å². The molecule has 3 N–H and O–H groups in total. The van der Waals surface area contributed by atoms with Crippen LogP contribution in [0.5, 0.6) is 0 Å². The molecule has 0 aromatic rings. The molecule has 0 radical (unpaired) electrons. The molecule has 0 rings (SSSR count). The fourth-order valence-corrected chi connectivity index (χ4v) is 13.3. The van der Waals surface area contributed by atoms with Gasteiger partial charge in [0.2, 0.25) is 5.91 Å². The number of aliphatic hydroxyl groups is 2. The Morgan fingerprint density at radius 3 is 0.854 bits per heavy atom. The number of rotatable bonds is 78. The van der Waals surface area contributed by atoms with Gasteiger partial charge in [-0.05, 0) is 57.8 Å². The lowest BCUT2D eigenvalue weighted by atomic mass is 10.0. The number of ether oxygens (including phenoxy) is 1. The number of carbonyl (C=O) groups excluding carboxylic acids is 2. The number of unbranched alkanes of at least 4 members (excludes halogenated alkanes) is 63. The van der Waals surface area contributed by atoms with E-state index in [4.69, 9.17) is 4.74 Å². The van der Waals surface area contributed by atoms with Crippen molar-refractivity contribution in [3.8, 4) is 0 Å². The number of allylic oxidation sites excluding steroid dienone is 4. The van der Waals surface area contributed by atoms with Gasteiger partial charge in [-0.25, -0.2) is 0 Å². The summed E-state index contributed by atoms with van der Waals surface area (Å²) in [6.07, 6.45) is 101. The first kappa shape index (κ1) is 87.3. The van der Waals surface area contributed by atoms with Gasteiger partial charge in [-0.1, -0.05) is 423 Å². The van der Waals surface area contributed by atoms with Crippen molar-refractivity contribution in [3.63, 3.8) is 0 Å². The van der Waals surface area contributed by atoms with Crippen molar-refractivity contribution in [2.75, 3.05) is 13.2 Å². The molecule has 0 aromatic heterocycles. The van der Waals surface area contributed by atoms with Crippen molar-refractivity contribution in [1.29, 1.82) is 0 Å². The Morgan fingerprint density at radius 1 is 0.315 bits per heavy atom. The summed E-state index contributed by atoms with van der Waals surface area (Å²) >= 11 is 0. The zero-order chi connectivity index (χ0) is 64.2. The van der Waals surface area contributed by atoms with E-state index < -0.39 is 12.1 Å². The van der Waals surface area contributed by atoms with Gasteiger partial charge in [0.15, 0.2) is 0 Å². The highest BCUT2D eigenvalue weighted by Crippen LogP contribution is 2.20. The fraction of sp³-hybridized carbons (Fsp3) is 0.928. The monoisotopic (exact) mass is 1250 g/mol. The van der Waals surface area contributed by atoms with Crippen LogP contribution >= 0.6 is 0 Å². The first-order valence-corrected chi connectivity index (χ1v) is 41.1. The van der Waals surface area contributed by atoms with Crippen LogP contribution in [0.25, 0.3) is 0 Å². The third-order valence-corrected chi connectivity index (χ3v) is 19.5. The smallest absolute Gasteiger partial charge is 0.305 e. The van der Waals surface area contributed by atoms with E-state index in [9.17, 15) is 19.8 Å². The Hall–Kier alpha value is -1.66. The van der Waals surface area contributed by atoms with E-state index in [1.54, 1.807) is 0 Å². The Bertz CT molecular complexity index is 1400. The maximum absolute atomic E-state index is 12.5. The third kappa shape index (κ3) is 75.3. The summed E-state index contributed by atoms with van der Waals surface area (Å²) in [5, 5.41) is 23.4. The summed E-state index contributed by atoms with van der Waals surface area (Å²) in [6.45, 7) is 5.01. The zero-order valence-corrected chi connectivity index (χ0v) is 60.7. The second-order valence-electron chi connectivity index (χ2n) is 28.5. The number of nitrogens with one attached hydrogen (secondary N) is 1. The molecule has 528 valence electrons. The number of esters is 1. The minimum atomic E-state index is -0.662. The summed E-state index contributed by atoms with van der Waals surface area (Å²) in [7, 11) is 0. The van der Waals surface area contributed by atoms with E-state index >= 15 is 0 Å². The summed E-state index contributed by atoms with van der Waals surface area (Å²) in [5.74, 6) is -0.00354. The van der Waals surface area contributed by atoms with Crippen molar-refractivity contribution >= 4 is 11.9 Å². The Morgan fingerprint density at radius 2 is 0.562 bits per heavy atom. The first-order valence-electron chi connectivity index (χ1n) is 41.1. The second-order valence-corrected chi connectivity index (χ2v) is 28.5. The molecule has 0 saturated heterocycles. The molecule has 0 aliphatic rings. The van der Waals surface area contributed by atoms with Crippen LogP contribution in [0.2, 0.25) is 0 Å². The molecule has 0 aromatic carbocycles. The quantitative estimate of drug-likeness (QED) is 0.0320. The summed E-state index contributed by atoms with van der Waals surface area (Å²) < 4.78 is 5.52. The highest BCUT2D eigenvalue weighted by Gasteiger charge is 2.20.